The SMILES string of the molecule is CCC1N=C(C(CC)OC)NC1=O. The van der Waals surface area contributed by atoms with Gasteiger partial charge in [-0.05, 0) is 12.8 Å². The van der Waals surface area contributed by atoms with E-state index in [9.17, 15) is 4.79 Å². The van der Waals surface area contributed by atoms with Gasteiger partial charge in [-0.2, -0.15) is 0 Å². The third kappa shape index (κ3) is 2.06. The highest BCUT2D eigenvalue weighted by Crippen LogP contribution is 2.09. The molecular formula is C9H16N2O2. The molecule has 0 spiro atoms. The van der Waals surface area contributed by atoms with Crippen LogP contribution in [-0.4, -0.2) is 31.0 Å². The summed E-state index contributed by atoms with van der Waals surface area (Å²) in [6.07, 6.45) is 1.50. The van der Waals surface area contributed by atoms with E-state index in [2.05, 4.69) is 10.3 Å². The van der Waals surface area contributed by atoms with Crippen molar-refractivity contribution in [2.45, 2.75) is 38.8 Å². The van der Waals surface area contributed by atoms with E-state index >= 15 is 0 Å². The van der Waals surface area contributed by atoms with Crippen LogP contribution in [0.15, 0.2) is 4.99 Å². The van der Waals surface area contributed by atoms with Crippen LogP contribution in [0.25, 0.3) is 0 Å². The number of hydrogen-bond acceptors (Lipinski definition) is 3. The fourth-order valence-corrected chi connectivity index (χ4v) is 1.38. The second-order valence-corrected chi connectivity index (χ2v) is 3.06. The average Bonchev–Trinajstić information content (AvgIpc) is 2.49. The Morgan fingerprint density at radius 1 is 1.62 bits per heavy atom. The quantitative estimate of drug-likeness (QED) is 0.699. The van der Waals surface area contributed by atoms with Crippen molar-refractivity contribution < 1.29 is 9.53 Å². The minimum atomic E-state index is -0.209. The first-order valence-corrected chi connectivity index (χ1v) is 4.64. The maximum Gasteiger partial charge on any atom is 0.250 e. The molecule has 0 saturated carbocycles. The summed E-state index contributed by atoms with van der Waals surface area (Å²) in [7, 11) is 1.63. The van der Waals surface area contributed by atoms with Gasteiger partial charge in [0.15, 0.2) is 0 Å². The minimum absolute atomic E-state index is 0.00648. The lowest BCUT2D eigenvalue weighted by Crippen LogP contribution is -2.36. The summed E-state index contributed by atoms with van der Waals surface area (Å²) in [5, 5.41) is 2.74. The van der Waals surface area contributed by atoms with Crippen LogP contribution in [-0.2, 0) is 9.53 Å². The number of aliphatic imine (C=N–C) groups is 1. The molecule has 4 heteroatoms. The van der Waals surface area contributed by atoms with Gasteiger partial charge in [0.25, 0.3) is 0 Å². The summed E-state index contributed by atoms with van der Waals surface area (Å²) in [6, 6.07) is -0.209. The highest BCUT2D eigenvalue weighted by molar-refractivity contribution is 6.07. The van der Waals surface area contributed by atoms with E-state index in [4.69, 9.17) is 4.74 Å². The van der Waals surface area contributed by atoms with Gasteiger partial charge >= 0.3 is 0 Å². The highest BCUT2D eigenvalue weighted by atomic mass is 16.5. The zero-order chi connectivity index (χ0) is 9.84. The molecule has 0 fully saturated rings. The molecule has 13 heavy (non-hydrogen) atoms. The van der Waals surface area contributed by atoms with Gasteiger partial charge in [-0.15, -0.1) is 0 Å². The summed E-state index contributed by atoms with van der Waals surface area (Å²) < 4.78 is 5.18. The molecular weight excluding hydrogens is 168 g/mol. The second-order valence-electron chi connectivity index (χ2n) is 3.06. The van der Waals surface area contributed by atoms with Gasteiger partial charge in [0, 0.05) is 7.11 Å². The monoisotopic (exact) mass is 184 g/mol. The Labute approximate surface area is 78.4 Å². The molecule has 1 aliphatic rings. The molecule has 0 bridgehead atoms. The van der Waals surface area contributed by atoms with E-state index < -0.39 is 0 Å². The van der Waals surface area contributed by atoms with Crippen molar-refractivity contribution in [1.82, 2.24) is 5.32 Å². The normalized spacial score (nSPS) is 24.1. The van der Waals surface area contributed by atoms with E-state index in [1.54, 1.807) is 7.11 Å². The van der Waals surface area contributed by atoms with E-state index in [0.29, 0.717) is 5.84 Å². The summed E-state index contributed by atoms with van der Waals surface area (Å²) in [6.45, 7) is 3.95. The number of amides is 1. The Bertz CT molecular complexity index is 222. The van der Waals surface area contributed by atoms with Crippen molar-refractivity contribution >= 4 is 11.7 Å². The summed E-state index contributed by atoms with van der Waals surface area (Å²) in [4.78, 5) is 15.5. The number of carbonyl (C=O) groups is 1. The molecule has 0 aliphatic carbocycles. The predicted molar refractivity (Wildman–Crippen MR) is 50.7 cm³/mol. The molecule has 2 atom stereocenters. The average molecular weight is 184 g/mol. The Kier molecular flexibility index (Phi) is 3.42. The number of rotatable bonds is 4. The molecule has 74 valence electrons. The van der Waals surface area contributed by atoms with Gasteiger partial charge in [-0.3, -0.25) is 9.79 Å². The van der Waals surface area contributed by atoms with Crippen molar-refractivity contribution in [2.24, 2.45) is 4.99 Å². The molecule has 1 aliphatic heterocycles. The third-order valence-electron chi connectivity index (χ3n) is 2.20. The second kappa shape index (κ2) is 4.37. The molecule has 0 radical (unpaired) electrons. The van der Waals surface area contributed by atoms with Crippen LogP contribution >= 0.6 is 0 Å². The van der Waals surface area contributed by atoms with Crippen LogP contribution in [0.5, 0.6) is 0 Å². The summed E-state index contributed by atoms with van der Waals surface area (Å²) >= 11 is 0. The van der Waals surface area contributed by atoms with Crippen molar-refractivity contribution in [3.05, 3.63) is 0 Å². The zero-order valence-electron chi connectivity index (χ0n) is 8.33. The van der Waals surface area contributed by atoms with Gasteiger partial charge in [0.2, 0.25) is 5.91 Å². The topological polar surface area (TPSA) is 50.7 Å². The third-order valence-corrected chi connectivity index (χ3v) is 2.20. The smallest absolute Gasteiger partial charge is 0.250 e. The van der Waals surface area contributed by atoms with Crippen LogP contribution in [0.2, 0.25) is 0 Å². The molecule has 0 aromatic carbocycles. The fraction of sp³-hybridized carbons (Fsp3) is 0.778. The first-order valence-electron chi connectivity index (χ1n) is 4.64. The predicted octanol–water partition coefficient (Wildman–Crippen LogP) is 0.718. The molecule has 1 heterocycles. The lowest BCUT2D eigenvalue weighted by Gasteiger charge is -2.11. The van der Waals surface area contributed by atoms with Gasteiger partial charge in [0.05, 0.1) is 0 Å². The fourth-order valence-electron chi connectivity index (χ4n) is 1.38. The Morgan fingerprint density at radius 2 is 2.31 bits per heavy atom. The molecule has 1 amide bonds. The lowest BCUT2D eigenvalue weighted by molar-refractivity contribution is -0.120. The number of hydrogen-bond donors (Lipinski definition) is 1. The first kappa shape index (κ1) is 10.2. The van der Waals surface area contributed by atoms with Crippen LogP contribution in [0.4, 0.5) is 0 Å². The summed E-state index contributed by atoms with van der Waals surface area (Å²) in [5.74, 6) is 0.676. The van der Waals surface area contributed by atoms with E-state index in [1.807, 2.05) is 13.8 Å². The van der Waals surface area contributed by atoms with Gasteiger partial charge in [-0.25, -0.2) is 0 Å². The largest absolute Gasteiger partial charge is 0.374 e. The lowest BCUT2D eigenvalue weighted by atomic mass is 10.2. The molecule has 0 aromatic rings. The molecule has 1 rings (SSSR count). The standard InChI is InChI=1S/C9H16N2O2/c1-4-6-9(12)11-8(10-6)7(5-2)13-3/h6-7H,4-5H2,1-3H3,(H,10,11,12). The highest BCUT2D eigenvalue weighted by Gasteiger charge is 2.28. The van der Waals surface area contributed by atoms with Crippen LogP contribution in [0.3, 0.4) is 0 Å². The van der Waals surface area contributed by atoms with E-state index in [0.717, 1.165) is 12.8 Å². The number of methoxy groups -OCH3 is 1. The minimum Gasteiger partial charge on any atom is -0.374 e. The zero-order valence-corrected chi connectivity index (χ0v) is 8.33. The molecule has 2 unspecified atom stereocenters. The summed E-state index contributed by atoms with van der Waals surface area (Å²) in [5.41, 5.74) is 0. The molecule has 0 saturated heterocycles. The van der Waals surface area contributed by atoms with Crippen molar-refractivity contribution in [3.8, 4) is 0 Å². The number of nitrogens with one attached hydrogen (secondary N) is 1. The maximum atomic E-state index is 11.3. The van der Waals surface area contributed by atoms with Crippen molar-refractivity contribution in [2.75, 3.05) is 7.11 Å². The Morgan fingerprint density at radius 3 is 2.69 bits per heavy atom. The van der Waals surface area contributed by atoms with Gasteiger partial charge in [-0.1, -0.05) is 13.8 Å². The number of nitrogens with zero attached hydrogens (tertiary/aromatic N) is 1. The molecule has 1 N–H and O–H groups in total. The number of carbonyl (C=O) groups excluding carboxylic acids is 1. The Balaban J connectivity index is 2.67. The van der Waals surface area contributed by atoms with Gasteiger partial charge < -0.3 is 10.1 Å². The molecule has 4 nitrogen and oxygen atoms in total. The molecule has 0 aromatic heterocycles. The van der Waals surface area contributed by atoms with Crippen molar-refractivity contribution in [3.63, 3.8) is 0 Å². The van der Waals surface area contributed by atoms with Crippen LogP contribution in [0.1, 0.15) is 26.7 Å². The van der Waals surface area contributed by atoms with Crippen LogP contribution in [0, 0.1) is 0 Å². The van der Waals surface area contributed by atoms with Crippen molar-refractivity contribution in [1.29, 1.82) is 0 Å². The number of ether oxygens (including phenoxy) is 1. The number of amidine groups is 1. The maximum absolute atomic E-state index is 11.3. The van der Waals surface area contributed by atoms with E-state index in [-0.39, 0.29) is 18.1 Å². The van der Waals surface area contributed by atoms with Crippen LogP contribution < -0.4 is 5.32 Å². The van der Waals surface area contributed by atoms with Gasteiger partial charge in [0.1, 0.15) is 18.0 Å². The first-order chi connectivity index (χ1) is 6.22. The Hall–Kier alpha value is -0.900. The van der Waals surface area contributed by atoms with E-state index in [1.165, 1.54) is 0 Å².